The number of carbonyl (C=O) groups is 1. The van der Waals surface area contributed by atoms with Crippen LogP contribution in [-0.4, -0.2) is 26.4 Å². The summed E-state index contributed by atoms with van der Waals surface area (Å²) in [5.41, 5.74) is 1.11. The molecule has 25 heavy (non-hydrogen) atoms. The Labute approximate surface area is 153 Å². The number of rotatable bonds is 6. The summed E-state index contributed by atoms with van der Waals surface area (Å²) in [6.07, 6.45) is 6.22. The molecule has 1 aliphatic carbocycles. The van der Waals surface area contributed by atoms with Crippen LogP contribution in [0.5, 0.6) is 0 Å². The first-order chi connectivity index (χ1) is 12.1. The monoisotopic (exact) mass is 358 g/mol. The molecule has 0 spiro atoms. The molecule has 5 nitrogen and oxygen atoms in total. The number of hydrogen-bond acceptors (Lipinski definition) is 4. The third-order valence-electron chi connectivity index (χ3n) is 4.78. The highest BCUT2D eigenvalue weighted by atomic mass is 32.2. The Bertz CT molecular complexity index is 695. The molecule has 1 amide bonds. The van der Waals surface area contributed by atoms with Crippen molar-refractivity contribution in [3.05, 3.63) is 41.7 Å². The van der Waals surface area contributed by atoms with Crippen LogP contribution in [-0.2, 0) is 4.79 Å². The molecule has 2 aromatic rings. The zero-order valence-corrected chi connectivity index (χ0v) is 15.8. The normalized spacial score (nSPS) is 16.6. The Hall–Kier alpha value is -1.82. The molecule has 1 heterocycles. The number of nitrogens with one attached hydrogen (secondary N) is 1. The largest absolute Gasteiger partial charge is 0.349 e. The van der Waals surface area contributed by atoms with E-state index in [2.05, 4.69) is 20.1 Å². The number of amides is 1. The van der Waals surface area contributed by atoms with Gasteiger partial charge in [-0.15, -0.1) is 10.2 Å². The highest BCUT2D eigenvalue weighted by Crippen LogP contribution is 2.32. The van der Waals surface area contributed by atoms with Crippen molar-refractivity contribution in [2.24, 2.45) is 0 Å². The van der Waals surface area contributed by atoms with E-state index in [0.29, 0.717) is 11.8 Å². The van der Waals surface area contributed by atoms with Gasteiger partial charge in [0.2, 0.25) is 5.91 Å². The molecule has 1 unspecified atom stereocenters. The predicted molar refractivity (Wildman–Crippen MR) is 101 cm³/mol. The van der Waals surface area contributed by atoms with Gasteiger partial charge in [0.25, 0.3) is 0 Å². The molecule has 1 aliphatic rings. The van der Waals surface area contributed by atoms with Crippen LogP contribution in [0.25, 0.3) is 0 Å². The Kier molecular flexibility index (Phi) is 6.13. The van der Waals surface area contributed by atoms with Crippen molar-refractivity contribution in [1.82, 2.24) is 20.1 Å². The smallest absolute Gasteiger partial charge is 0.230 e. The SMILES string of the molecule is Cc1nnc(SCC(=O)NC(C)c2ccccc2)n1C1CCCCC1. The van der Waals surface area contributed by atoms with Crippen LogP contribution in [0.3, 0.4) is 0 Å². The first-order valence-electron chi connectivity index (χ1n) is 9.03. The van der Waals surface area contributed by atoms with E-state index in [1.807, 2.05) is 44.2 Å². The third-order valence-corrected chi connectivity index (χ3v) is 5.73. The van der Waals surface area contributed by atoms with Crippen LogP contribution in [0.4, 0.5) is 0 Å². The molecule has 1 fully saturated rings. The maximum Gasteiger partial charge on any atom is 0.230 e. The van der Waals surface area contributed by atoms with Crippen molar-refractivity contribution < 1.29 is 4.79 Å². The molecule has 1 saturated carbocycles. The average Bonchev–Trinajstić information content (AvgIpc) is 3.02. The molecule has 3 rings (SSSR count). The maximum atomic E-state index is 12.3. The minimum Gasteiger partial charge on any atom is -0.349 e. The highest BCUT2D eigenvalue weighted by Gasteiger charge is 2.22. The van der Waals surface area contributed by atoms with E-state index in [1.54, 1.807) is 0 Å². The first kappa shape index (κ1) is 18.0. The highest BCUT2D eigenvalue weighted by molar-refractivity contribution is 7.99. The number of carbonyl (C=O) groups excluding carboxylic acids is 1. The van der Waals surface area contributed by atoms with Crippen LogP contribution in [0, 0.1) is 6.92 Å². The van der Waals surface area contributed by atoms with Crippen molar-refractivity contribution in [2.75, 3.05) is 5.75 Å². The van der Waals surface area contributed by atoms with Gasteiger partial charge in [-0.2, -0.15) is 0 Å². The molecule has 0 bridgehead atoms. The fraction of sp³-hybridized carbons (Fsp3) is 0.526. The summed E-state index contributed by atoms with van der Waals surface area (Å²) in [5, 5.41) is 12.5. The van der Waals surface area contributed by atoms with Gasteiger partial charge < -0.3 is 9.88 Å². The van der Waals surface area contributed by atoms with E-state index < -0.39 is 0 Å². The number of hydrogen-bond donors (Lipinski definition) is 1. The summed E-state index contributed by atoms with van der Waals surface area (Å²) in [7, 11) is 0. The maximum absolute atomic E-state index is 12.3. The molecule has 0 saturated heterocycles. The van der Waals surface area contributed by atoms with Crippen LogP contribution in [0.15, 0.2) is 35.5 Å². The Balaban J connectivity index is 1.57. The standard InChI is InChI=1S/C19H26N4OS/c1-14(16-9-5-3-6-10-16)20-18(24)13-25-19-22-21-15(2)23(19)17-11-7-4-8-12-17/h3,5-6,9-10,14,17H,4,7-8,11-13H2,1-2H3,(H,20,24). The number of nitrogens with zero attached hydrogens (tertiary/aromatic N) is 3. The predicted octanol–water partition coefficient (Wildman–Crippen LogP) is 4.06. The fourth-order valence-corrected chi connectivity index (χ4v) is 4.31. The van der Waals surface area contributed by atoms with Gasteiger partial charge in [0.05, 0.1) is 11.8 Å². The summed E-state index contributed by atoms with van der Waals surface area (Å²) in [6, 6.07) is 10.5. The quantitative estimate of drug-likeness (QED) is 0.791. The first-order valence-corrected chi connectivity index (χ1v) is 10.0. The zero-order valence-electron chi connectivity index (χ0n) is 14.9. The molecule has 6 heteroatoms. The molecule has 1 aromatic carbocycles. The van der Waals surface area contributed by atoms with E-state index in [9.17, 15) is 4.79 Å². The molecule has 134 valence electrons. The minimum absolute atomic E-state index is 0.00671. The van der Waals surface area contributed by atoms with E-state index in [4.69, 9.17) is 0 Å². The van der Waals surface area contributed by atoms with Crippen LogP contribution in [0.2, 0.25) is 0 Å². The van der Waals surface area contributed by atoms with Crippen LogP contribution in [0.1, 0.15) is 62.5 Å². The number of benzene rings is 1. The molecule has 1 atom stereocenters. The molecule has 0 radical (unpaired) electrons. The lowest BCUT2D eigenvalue weighted by Crippen LogP contribution is -2.28. The van der Waals surface area contributed by atoms with Gasteiger partial charge in [0.15, 0.2) is 5.16 Å². The van der Waals surface area contributed by atoms with E-state index >= 15 is 0 Å². The summed E-state index contributed by atoms with van der Waals surface area (Å²) in [6.45, 7) is 4.01. The minimum atomic E-state index is 0.00671. The second-order valence-corrected chi connectivity index (χ2v) is 7.62. The van der Waals surface area contributed by atoms with Crippen molar-refractivity contribution in [3.8, 4) is 0 Å². The molecular weight excluding hydrogens is 332 g/mol. The Morgan fingerprint density at radius 1 is 1.24 bits per heavy atom. The number of aromatic nitrogens is 3. The summed E-state index contributed by atoms with van der Waals surface area (Å²) in [5.74, 6) is 1.34. The lowest BCUT2D eigenvalue weighted by Gasteiger charge is -2.25. The molecule has 0 aliphatic heterocycles. The number of thioether (sulfide) groups is 1. The summed E-state index contributed by atoms with van der Waals surface area (Å²) in [4.78, 5) is 12.3. The van der Waals surface area contributed by atoms with Gasteiger partial charge in [-0.05, 0) is 32.3 Å². The Morgan fingerprint density at radius 3 is 2.68 bits per heavy atom. The van der Waals surface area contributed by atoms with Gasteiger partial charge in [-0.3, -0.25) is 4.79 Å². The third kappa shape index (κ3) is 4.63. The topological polar surface area (TPSA) is 59.8 Å². The van der Waals surface area contributed by atoms with Gasteiger partial charge in [0, 0.05) is 6.04 Å². The van der Waals surface area contributed by atoms with Gasteiger partial charge in [-0.25, -0.2) is 0 Å². The van der Waals surface area contributed by atoms with Crippen LogP contribution >= 0.6 is 11.8 Å². The van der Waals surface area contributed by atoms with Crippen molar-refractivity contribution in [1.29, 1.82) is 0 Å². The van der Waals surface area contributed by atoms with Crippen molar-refractivity contribution in [3.63, 3.8) is 0 Å². The number of aryl methyl sites for hydroxylation is 1. The molecular formula is C19H26N4OS. The van der Waals surface area contributed by atoms with Crippen LogP contribution < -0.4 is 5.32 Å². The fourth-order valence-electron chi connectivity index (χ4n) is 3.45. The molecule has 1 N–H and O–H groups in total. The lowest BCUT2D eigenvalue weighted by molar-refractivity contribution is -0.119. The second-order valence-electron chi connectivity index (χ2n) is 6.68. The van der Waals surface area contributed by atoms with Crippen molar-refractivity contribution in [2.45, 2.75) is 63.2 Å². The van der Waals surface area contributed by atoms with Crippen molar-refractivity contribution >= 4 is 17.7 Å². The van der Waals surface area contributed by atoms with E-state index in [1.165, 1.54) is 43.9 Å². The zero-order chi connectivity index (χ0) is 17.6. The average molecular weight is 359 g/mol. The Morgan fingerprint density at radius 2 is 1.96 bits per heavy atom. The van der Waals surface area contributed by atoms with E-state index in [-0.39, 0.29) is 11.9 Å². The summed E-state index contributed by atoms with van der Waals surface area (Å²) >= 11 is 1.48. The van der Waals surface area contributed by atoms with Gasteiger partial charge in [-0.1, -0.05) is 61.4 Å². The lowest BCUT2D eigenvalue weighted by atomic mass is 9.95. The molecule has 1 aromatic heterocycles. The second kappa shape index (κ2) is 8.52. The van der Waals surface area contributed by atoms with Gasteiger partial charge in [0.1, 0.15) is 5.82 Å². The van der Waals surface area contributed by atoms with Gasteiger partial charge >= 0.3 is 0 Å². The summed E-state index contributed by atoms with van der Waals surface area (Å²) < 4.78 is 2.23. The van der Waals surface area contributed by atoms with E-state index in [0.717, 1.165) is 16.5 Å².